The maximum Gasteiger partial charge on any atom is 0.318 e. The number of nitrogens with one attached hydrogen (secondary N) is 2. The fraction of sp³-hybridized carbons (Fsp3) is 0.438. The van der Waals surface area contributed by atoms with E-state index in [9.17, 15) is 4.79 Å². The van der Waals surface area contributed by atoms with Gasteiger partial charge >= 0.3 is 6.03 Å². The fourth-order valence-electron chi connectivity index (χ4n) is 2.66. The molecule has 2 amide bonds. The van der Waals surface area contributed by atoms with Crippen molar-refractivity contribution >= 4 is 11.7 Å². The molecule has 1 aliphatic heterocycles. The number of nitrogens with zero attached hydrogens (tertiary/aromatic N) is 3. The van der Waals surface area contributed by atoms with Crippen molar-refractivity contribution in [1.82, 2.24) is 20.4 Å². The lowest BCUT2D eigenvalue weighted by Crippen LogP contribution is -2.40. The number of anilines is 1. The monoisotopic (exact) mass is 315 g/mol. The van der Waals surface area contributed by atoms with Gasteiger partial charge in [0.25, 0.3) is 0 Å². The van der Waals surface area contributed by atoms with Crippen molar-refractivity contribution in [2.24, 2.45) is 0 Å². The van der Waals surface area contributed by atoms with Gasteiger partial charge in [0, 0.05) is 31.7 Å². The van der Waals surface area contributed by atoms with Gasteiger partial charge < -0.3 is 20.1 Å². The van der Waals surface area contributed by atoms with E-state index in [1.165, 1.54) is 0 Å². The van der Waals surface area contributed by atoms with Gasteiger partial charge in [0.2, 0.25) is 5.89 Å². The Kier molecular flexibility index (Phi) is 4.45. The van der Waals surface area contributed by atoms with Crippen LogP contribution >= 0.6 is 0 Å². The van der Waals surface area contributed by atoms with Gasteiger partial charge in [0.15, 0.2) is 5.82 Å². The summed E-state index contributed by atoms with van der Waals surface area (Å²) in [4.78, 5) is 18.3. The molecule has 2 atom stereocenters. The van der Waals surface area contributed by atoms with Crippen LogP contribution in [0, 0.1) is 6.92 Å². The van der Waals surface area contributed by atoms with Gasteiger partial charge in [-0.2, -0.15) is 4.98 Å². The highest BCUT2D eigenvalue weighted by molar-refractivity contribution is 5.75. The Bertz CT molecular complexity index is 658. The smallest absolute Gasteiger partial charge is 0.318 e. The third kappa shape index (κ3) is 3.80. The number of rotatable bonds is 4. The molecule has 0 bridgehead atoms. The van der Waals surface area contributed by atoms with Crippen LogP contribution in [0.5, 0.6) is 0 Å². The van der Waals surface area contributed by atoms with E-state index in [2.05, 4.69) is 20.8 Å². The number of aryl methyl sites for hydroxylation is 1. The maximum absolute atomic E-state index is 12.3. The Morgan fingerprint density at radius 1 is 1.39 bits per heavy atom. The van der Waals surface area contributed by atoms with Gasteiger partial charge in [-0.15, -0.1) is 0 Å². The Morgan fingerprint density at radius 2 is 2.17 bits per heavy atom. The lowest BCUT2D eigenvalue weighted by atomic mass is 10.2. The Balaban J connectivity index is 1.51. The van der Waals surface area contributed by atoms with Gasteiger partial charge in [-0.25, -0.2) is 4.79 Å². The van der Waals surface area contributed by atoms with Crippen molar-refractivity contribution in [3.8, 4) is 0 Å². The third-order valence-corrected chi connectivity index (χ3v) is 3.89. The Morgan fingerprint density at radius 3 is 2.87 bits per heavy atom. The summed E-state index contributed by atoms with van der Waals surface area (Å²) < 4.78 is 4.94. The molecule has 1 saturated heterocycles. The Hall–Kier alpha value is -2.57. The number of likely N-dealkylation sites (tertiary alicyclic amines) is 1. The minimum atomic E-state index is -0.277. The van der Waals surface area contributed by atoms with Crippen molar-refractivity contribution < 1.29 is 9.32 Å². The molecule has 1 aromatic carbocycles. The van der Waals surface area contributed by atoms with Crippen molar-refractivity contribution in [3.63, 3.8) is 0 Å². The molecule has 0 radical (unpaired) electrons. The van der Waals surface area contributed by atoms with Gasteiger partial charge in [-0.05, 0) is 25.5 Å². The topological polar surface area (TPSA) is 83.3 Å². The highest BCUT2D eigenvalue weighted by Gasteiger charge is 2.27. The van der Waals surface area contributed by atoms with E-state index in [4.69, 9.17) is 4.52 Å². The molecule has 0 spiro atoms. The average Bonchev–Trinajstić information content (AvgIpc) is 3.17. The summed E-state index contributed by atoms with van der Waals surface area (Å²) in [6.45, 7) is 4.98. The van der Waals surface area contributed by atoms with Crippen molar-refractivity contribution in [1.29, 1.82) is 0 Å². The first-order valence-electron chi connectivity index (χ1n) is 7.79. The zero-order chi connectivity index (χ0) is 16.2. The summed E-state index contributed by atoms with van der Waals surface area (Å²) >= 11 is 0. The number of hydrogen-bond donors (Lipinski definition) is 2. The molecule has 0 aliphatic carbocycles. The van der Waals surface area contributed by atoms with Crippen LogP contribution in [-0.2, 0) is 0 Å². The van der Waals surface area contributed by atoms with E-state index < -0.39 is 0 Å². The van der Waals surface area contributed by atoms with E-state index in [1.54, 1.807) is 6.92 Å². The molecule has 0 saturated carbocycles. The predicted molar refractivity (Wildman–Crippen MR) is 86.0 cm³/mol. The molecule has 1 aromatic heterocycles. The van der Waals surface area contributed by atoms with Crippen LogP contribution in [0.15, 0.2) is 34.9 Å². The molecule has 2 aromatic rings. The van der Waals surface area contributed by atoms with Crippen LogP contribution in [0.4, 0.5) is 10.5 Å². The molecule has 2 N–H and O–H groups in total. The summed E-state index contributed by atoms with van der Waals surface area (Å²) in [5.74, 6) is 0.989. The first kappa shape index (κ1) is 15.3. The lowest BCUT2D eigenvalue weighted by molar-refractivity contribution is 0.204. The number of urea groups is 1. The summed E-state index contributed by atoms with van der Waals surface area (Å²) in [6, 6.07) is 9.93. The second-order valence-corrected chi connectivity index (χ2v) is 5.78. The highest BCUT2D eigenvalue weighted by Crippen LogP contribution is 2.16. The molecule has 7 heteroatoms. The quantitative estimate of drug-likeness (QED) is 0.905. The standard InChI is InChI=1S/C16H21N5O2/c1-11(15-18-12(2)23-20-15)17-16(22)21-9-8-14(10-21)19-13-6-4-3-5-7-13/h3-7,11,14,19H,8-10H2,1-2H3,(H,17,22). The molecule has 122 valence electrons. The van der Waals surface area contributed by atoms with Gasteiger partial charge in [0.1, 0.15) is 0 Å². The van der Waals surface area contributed by atoms with E-state index in [1.807, 2.05) is 42.2 Å². The maximum atomic E-state index is 12.3. The van der Waals surface area contributed by atoms with Gasteiger partial charge in [-0.1, -0.05) is 23.4 Å². The number of benzene rings is 1. The number of amides is 2. The van der Waals surface area contributed by atoms with Gasteiger partial charge in [-0.3, -0.25) is 0 Å². The summed E-state index contributed by atoms with van der Waals surface area (Å²) in [5.41, 5.74) is 1.08. The largest absolute Gasteiger partial charge is 0.380 e. The zero-order valence-electron chi connectivity index (χ0n) is 13.3. The van der Waals surface area contributed by atoms with Crippen LogP contribution in [0.2, 0.25) is 0 Å². The number of carbonyl (C=O) groups is 1. The van der Waals surface area contributed by atoms with Crippen LogP contribution in [0.3, 0.4) is 0 Å². The summed E-state index contributed by atoms with van der Waals surface area (Å²) in [5, 5.41) is 10.2. The molecule has 3 rings (SSSR count). The normalized spacial score (nSPS) is 18.7. The molecular weight excluding hydrogens is 294 g/mol. The molecule has 1 fully saturated rings. The highest BCUT2D eigenvalue weighted by atomic mass is 16.5. The number of carbonyl (C=O) groups excluding carboxylic acids is 1. The average molecular weight is 315 g/mol. The summed E-state index contributed by atoms with van der Waals surface area (Å²) in [6.07, 6.45) is 0.929. The number of para-hydroxylation sites is 1. The second kappa shape index (κ2) is 6.68. The first-order valence-corrected chi connectivity index (χ1v) is 7.79. The molecule has 2 heterocycles. The Labute approximate surface area is 135 Å². The SMILES string of the molecule is Cc1nc(C(C)NC(=O)N2CCC(Nc3ccccc3)C2)no1. The van der Waals surface area contributed by atoms with Crippen LogP contribution in [-0.4, -0.2) is 40.2 Å². The van der Waals surface area contributed by atoms with Crippen LogP contribution in [0.25, 0.3) is 0 Å². The van der Waals surface area contributed by atoms with Crippen molar-refractivity contribution in [3.05, 3.63) is 42.0 Å². The minimum Gasteiger partial charge on any atom is -0.380 e. The molecular formula is C16H21N5O2. The van der Waals surface area contributed by atoms with Crippen molar-refractivity contribution in [2.45, 2.75) is 32.4 Å². The van der Waals surface area contributed by atoms with Crippen LogP contribution in [0.1, 0.15) is 31.1 Å². The second-order valence-electron chi connectivity index (χ2n) is 5.78. The van der Waals surface area contributed by atoms with Crippen molar-refractivity contribution in [2.75, 3.05) is 18.4 Å². The van der Waals surface area contributed by atoms with E-state index in [0.717, 1.165) is 18.7 Å². The van der Waals surface area contributed by atoms with Crippen LogP contribution < -0.4 is 10.6 Å². The number of aromatic nitrogens is 2. The number of hydrogen-bond acceptors (Lipinski definition) is 5. The third-order valence-electron chi connectivity index (χ3n) is 3.89. The summed E-state index contributed by atoms with van der Waals surface area (Å²) in [7, 11) is 0. The molecule has 2 unspecified atom stereocenters. The van der Waals surface area contributed by atoms with E-state index in [-0.39, 0.29) is 18.1 Å². The van der Waals surface area contributed by atoms with Gasteiger partial charge in [0.05, 0.1) is 6.04 Å². The minimum absolute atomic E-state index is 0.0997. The van der Waals surface area contributed by atoms with E-state index in [0.29, 0.717) is 18.3 Å². The molecule has 7 nitrogen and oxygen atoms in total. The zero-order valence-corrected chi connectivity index (χ0v) is 13.3. The van der Waals surface area contributed by atoms with E-state index >= 15 is 0 Å². The lowest BCUT2D eigenvalue weighted by Gasteiger charge is -2.20. The fourth-order valence-corrected chi connectivity index (χ4v) is 2.66. The predicted octanol–water partition coefficient (Wildman–Crippen LogP) is 2.34. The first-order chi connectivity index (χ1) is 11.1. The molecule has 1 aliphatic rings. The molecule has 23 heavy (non-hydrogen) atoms.